The van der Waals surface area contributed by atoms with Crippen LogP contribution < -0.4 is 0 Å². The Labute approximate surface area is 481 Å². The zero-order chi connectivity index (χ0) is 55.2. The number of hydrogen-bond donors (Lipinski definition) is 0. The van der Waals surface area contributed by atoms with Crippen LogP contribution in [0.2, 0.25) is 0 Å². The van der Waals surface area contributed by atoms with Crippen molar-refractivity contribution in [2.24, 2.45) is 0 Å². The molecule has 0 aliphatic heterocycles. The molecule has 0 fully saturated rings. The second-order valence-electron chi connectivity index (χ2n) is 22.4. The summed E-state index contributed by atoms with van der Waals surface area (Å²) in [5, 5.41) is 4.66. The molecule has 0 amide bonds. The highest BCUT2D eigenvalue weighted by molar-refractivity contribution is 6.14. The van der Waals surface area contributed by atoms with Crippen LogP contribution in [0.25, 0.3) is 145 Å². The predicted octanol–water partition coefficient (Wildman–Crippen LogP) is 20.0. The number of para-hydroxylation sites is 1. The minimum absolute atomic E-state index is 0.238. The van der Waals surface area contributed by atoms with Gasteiger partial charge in [0, 0.05) is 43.8 Å². The molecular weight excluding hydrogens is 1010 g/mol. The minimum Gasteiger partial charge on any atom is -0.309 e. The summed E-state index contributed by atoms with van der Waals surface area (Å²) in [6, 6.07) is 103. The lowest BCUT2D eigenvalue weighted by Crippen LogP contribution is -2.15. The Balaban J connectivity index is 0.907. The van der Waals surface area contributed by atoms with Crippen molar-refractivity contribution >= 4 is 43.6 Å². The fourth-order valence-corrected chi connectivity index (χ4v) is 13.0. The lowest BCUT2D eigenvalue weighted by molar-refractivity contribution is 0.661. The molecule has 83 heavy (non-hydrogen) atoms. The molecule has 15 aromatic rings. The van der Waals surface area contributed by atoms with Crippen LogP contribution in [0.4, 0.5) is 0 Å². The van der Waals surface area contributed by atoms with E-state index in [1.54, 1.807) is 0 Å². The molecule has 0 radical (unpaired) electrons. The molecule has 0 saturated carbocycles. The molecule has 0 N–H and O–H groups in total. The highest BCUT2D eigenvalue weighted by Crippen LogP contribution is 2.51. The second-order valence-corrected chi connectivity index (χ2v) is 22.4. The molecule has 0 saturated heterocycles. The van der Waals surface area contributed by atoms with Gasteiger partial charge < -0.3 is 4.57 Å². The van der Waals surface area contributed by atoms with Crippen molar-refractivity contribution in [3.8, 4) is 101 Å². The maximum atomic E-state index is 5.51. The molecule has 16 rings (SSSR count). The van der Waals surface area contributed by atoms with E-state index in [1.165, 1.54) is 55.3 Å². The van der Waals surface area contributed by atoms with Gasteiger partial charge in [-0.15, -0.1) is 0 Å². The normalized spacial score (nSPS) is 12.6. The zero-order valence-corrected chi connectivity index (χ0v) is 45.9. The van der Waals surface area contributed by atoms with Gasteiger partial charge in [-0.3, -0.25) is 4.57 Å². The van der Waals surface area contributed by atoms with Crippen molar-refractivity contribution in [1.82, 2.24) is 24.1 Å². The van der Waals surface area contributed by atoms with E-state index in [1.807, 2.05) is 0 Å². The van der Waals surface area contributed by atoms with Gasteiger partial charge >= 0.3 is 0 Å². The number of nitrogens with zero attached hydrogens (tertiary/aromatic N) is 5. The number of fused-ring (bicyclic) bond motifs is 9. The first-order valence-corrected chi connectivity index (χ1v) is 28.5. The van der Waals surface area contributed by atoms with Gasteiger partial charge in [0.1, 0.15) is 0 Å². The van der Waals surface area contributed by atoms with E-state index in [4.69, 9.17) is 15.0 Å². The molecule has 3 heterocycles. The lowest BCUT2D eigenvalue weighted by atomic mass is 9.82. The average molecular weight is 1060 g/mol. The van der Waals surface area contributed by atoms with Crippen LogP contribution in [0, 0.1) is 0 Å². The van der Waals surface area contributed by atoms with E-state index in [-0.39, 0.29) is 5.41 Å². The van der Waals surface area contributed by atoms with Crippen LogP contribution in [0.15, 0.2) is 285 Å². The van der Waals surface area contributed by atoms with E-state index in [0.717, 1.165) is 83.0 Å². The van der Waals surface area contributed by atoms with E-state index in [9.17, 15) is 0 Å². The molecule has 0 bridgehead atoms. The highest BCUT2D eigenvalue weighted by Gasteiger charge is 2.36. The third-order valence-corrected chi connectivity index (χ3v) is 17.1. The SMILES string of the molecule is CC1(C)c2ccccc2-c2cc3c4cc(-c5ccc6c(c5)c5ccccc5n6-c5cc(-c6ccccc6)cc(-c6ccccc6)c5)ccc4n(-c4nc(-c5cccc(-c6ccccc6)c5)nc(-c5cccc(-c6ccccc6)c5)n4)c3cc21. The molecule has 1 aliphatic rings. The van der Waals surface area contributed by atoms with E-state index in [0.29, 0.717) is 17.6 Å². The largest absolute Gasteiger partial charge is 0.309 e. The van der Waals surface area contributed by atoms with Gasteiger partial charge in [-0.2, -0.15) is 9.97 Å². The number of hydrogen-bond acceptors (Lipinski definition) is 3. The topological polar surface area (TPSA) is 48.5 Å². The molecule has 0 spiro atoms. The van der Waals surface area contributed by atoms with Gasteiger partial charge in [-0.1, -0.05) is 226 Å². The summed E-state index contributed by atoms with van der Waals surface area (Å²) >= 11 is 0. The third-order valence-electron chi connectivity index (χ3n) is 17.1. The van der Waals surface area contributed by atoms with Gasteiger partial charge in [-0.25, -0.2) is 4.98 Å². The molecule has 0 atom stereocenters. The Hall–Kier alpha value is -10.8. The summed E-state index contributed by atoms with van der Waals surface area (Å²) < 4.78 is 4.73. The standard InChI is InChI=1S/C78H53N5/c1-78(2)69-35-17-15-33-63(69)65-48-68-67-47-57(56-37-39-72-66(46-56)64-34-16-18-36-71(64)82(72)62-44-60(52-25-11-5-12-26-52)43-61(45-62)53-27-13-6-14-28-53)38-40-73(67)83(74(68)49-70(65)78)77-80-75(58-31-19-29-54(41-58)50-21-7-3-8-22-50)79-76(81-77)59-32-20-30-55(42-59)51-23-9-4-10-24-51/h3-49H,1-2H3. The van der Waals surface area contributed by atoms with Gasteiger partial charge in [0.25, 0.3) is 0 Å². The second kappa shape index (κ2) is 19.2. The summed E-state index contributed by atoms with van der Waals surface area (Å²) in [7, 11) is 0. The van der Waals surface area contributed by atoms with Gasteiger partial charge in [0.05, 0.1) is 22.1 Å². The minimum atomic E-state index is -0.238. The van der Waals surface area contributed by atoms with Crippen molar-refractivity contribution in [3.63, 3.8) is 0 Å². The highest BCUT2D eigenvalue weighted by atomic mass is 15.2. The quantitative estimate of drug-likeness (QED) is 0.145. The van der Waals surface area contributed by atoms with Crippen LogP contribution in [0.1, 0.15) is 25.0 Å². The van der Waals surface area contributed by atoms with Crippen molar-refractivity contribution in [2.75, 3.05) is 0 Å². The Morgan fingerprint density at radius 2 is 0.675 bits per heavy atom. The van der Waals surface area contributed by atoms with E-state index in [2.05, 4.69) is 308 Å². The monoisotopic (exact) mass is 1060 g/mol. The first-order chi connectivity index (χ1) is 40.9. The Morgan fingerprint density at radius 3 is 1.25 bits per heavy atom. The fraction of sp³-hybridized carbons (Fsp3) is 0.0385. The number of rotatable bonds is 9. The molecule has 3 aromatic heterocycles. The summed E-state index contributed by atoms with van der Waals surface area (Å²) in [4.78, 5) is 16.4. The fourth-order valence-electron chi connectivity index (χ4n) is 13.0. The molecule has 390 valence electrons. The smallest absolute Gasteiger partial charge is 0.238 e. The Bertz CT molecular complexity index is 4880. The Kier molecular flexibility index (Phi) is 11.2. The van der Waals surface area contributed by atoms with Crippen LogP contribution in [-0.4, -0.2) is 24.1 Å². The Morgan fingerprint density at radius 1 is 0.253 bits per heavy atom. The molecule has 0 unspecified atom stereocenters. The van der Waals surface area contributed by atoms with Gasteiger partial charge in [-0.05, 0) is 151 Å². The number of aromatic nitrogens is 5. The number of benzene rings is 12. The first-order valence-electron chi connectivity index (χ1n) is 28.5. The van der Waals surface area contributed by atoms with Crippen LogP contribution >= 0.6 is 0 Å². The van der Waals surface area contributed by atoms with Crippen molar-refractivity contribution in [2.45, 2.75) is 19.3 Å². The molecule has 5 heteroatoms. The van der Waals surface area contributed by atoms with Crippen molar-refractivity contribution < 1.29 is 0 Å². The lowest BCUT2D eigenvalue weighted by Gasteiger charge is -2.21. The van der Waals surface area contributed by atoms with Gasteiger partial charge in [0.15, 0.2) is 11.6 Å². The van der Waals surface area contributed by atoms with Crippen molar-refractivity contribution in [1.29, 1.82) is 0 Å². The van der Waals surface area contributed by atoms with Crippen LogP contribution in [0.3, 0.4) is 0 Å². The summed E-state index contributed by atoms with van der Waals surface area (Å²) in [5.41, 5.74) is 23.7. The van der Waals surface area contributed by atoms with E-state index >= 15 is 0 Å². The molecule has 1 aliphatic carbocycles. The predicted molar refractivity (Wildman–Crippen MR) is 344 cm³/mol. The molecule has 12 aromatic carbocycles. The van der Waals surface area contributed by atoms with Crippen LogP contribution in [0.5, 0.6) is 0 Å². The molecular formula is C78H53N5. The summed E-state index contributed by atoms with van der Waals surface area (Å²) in [5.74, 6) is 1.76. The van der Waals surface area contributed by atoms with E-state index < -0.39 is 0 Å². The summed E-state index contributed by atoms with van der Waals surface area (Å²) in [6.45, 7) is 4.70. The van der Waals surface area contributed by atoms with Gasteiger partial charge in [0.2, 0.25) is 5.95 Å². The maximum absolute atomic E-state index is 5.51. The third kappa shape index (κ3) is 8.11. The maximum Gasteiger partial charge on any atom is 0.238 e. The summed E-state index contributed by atoms with van der Waals surface area (Å²) in [6.07, 6.45) is 0. The average Bonchev–Trinajstić information content (AvgIpc) is 1.85. The zero-order valence-electron chi connectivity index (χ0n) is 45.9. The van der Waals surface area contributed by atoms with Crippen LogP contribution in [-0.2, 0) is 5.41 Å². The molecule has 5 nitrogen and oxygen atoms in total. The van der Waals surface area contributed by atoms with Crippen molar-refractivity contribution in [3.05, 3.63) is 296 Å². The first kappa shape index (κ1) is 48.2.